The number of carbonyl (C=O) groups excluding carboxylic acids is 3. The summed E-state index contributed by atoms with van der Waals surface area (Å²) in [6, 6.07) is 9.25. The SMILES string of the molecule is CCCC[C@@H](C(=O)N1CCC[C@H]1C(=O)NCC(C)c1ccccc1)[C@H](O)C(=O)NO. The van der Waals surface area contributed by atoms with E-state index in [0.717, 1.165) is 12.0 Å². The minimum atomic E-state index is -1.66. The zero-order valence-corrected chi connectivity index (χ0v) is 17.7. The summed E-state index contributed by atoms with van der Waals surface area (Å²) in [6.45, 7) is 4.83. The molecule has 0 bridgehead atoms. The summed E-state index contributed by atoms with van der Waals surface area (Å²) < 4.78 is 0. The Morgan fingerprint density at radius 1 is 1.23 bits per heavy atom. The lowest BCUT2D eigenvalue weighted by Crippen LogP contribution is -2.52. The Bertz CT molecular complexity index is 712. The van der Waals surface area contributed by atoms with E-state index in [1.54, 1.807) is 0 Å². The third-order valence-corrected chi connectivity index (χ3v) is 5.74. The quantitative estimate of drug-likeness (QED) is 0.339. The molecule has 0 saturated carbocycles. The van der Waals surface area contributed by atoms with E-state index >= 15 is 0 Å². The van der Waals surface area contributed by atoms with Crippen LogP contribution in [0.25, 0.3) is 0 Å². The van der Waals surface area contributed by atoms with Crippen molar-refractivity contribution < 1.29 is 24.7 Å². The topological polar surface area (TPSA) is 119 Å². The van der Waals surface area contributed by atoms with E-state index in [2.05, 4.69) is 5.32 Å². The molecule has 2 rings (SSSR count). The molecule has 1 aromatic rings. The normalized spacial score (nSPS) is 19.1. The van der Waals surface area contributed by atoms with Gasteiger partial charge < -0.3 is 15.3 Å². The van der Waals surface area contributed by atoms with Gasteiger partial charge in [-0.1, -0.05) is 57.0 Å². The fourth-order valence-corrected chi connectivity index (χ4v) is 3.88. The number of benzene rings is 1. The Morgan fingerprint density at radius 2 is 1.93 bits per heavy atom. The molecule has 4 N–H and O–H groups in total. The number of unbranched alkanes of at least 4 members (excludes halogenated alkanes) is 1. The lowest BCUT2D eigenvalue weighted by atomic mass is 9.93. The minimum Gasteiger partial charge on any atom is -0.382 e. The van der Waals surface area contributed by atoms with Crippen LogP contribution in [0.1, 0.15) is 57.4 Å². The smallest absolute Gasteiger partial charge is 0.272 e. The Balaban J connectivity index is 2.03. The molecule has 4 atom stereocenters. The summed E-state index contributed by atoms with van der Waals surface area (Å²) in [5.41, 5.74) is 2.53. The van der Waals surface area contributed by atoms with Gasteiger partial charge in [-0.25, -0.2) is 5.48 Å². The van der Waals surface area contributed by atoms with Crippen LogP contribution >= 0.6 is 0 Å². The highest BCUT2D eigenvalue weighted by Crippen LogP contribution is 2.25. The van der Waals surface area contributed by atoms with Crippen LogP contribution in [0, 0.1) is 5.92 Å². The van der Waals surface area contributed by atoms with Crippen molar-refractivity contribution in [2.45, 2.75) is 64.0 Å². The Kier molecular flexibility index (Phi) is 9.26. The van der Waals surface area contributed by atoms with Crippen LogP contribution in [0.4, 0.5) is 0 Å². The van der Waals surface area contributed by atoms with E-state index in [4.69, 9.17) is 5.21 Å². The maximum atomic E-state index is 13.1. The molecule has 0 spiro atoms. The van der Waals surface area contributed by atoms with E-state index in [1.165, 1.54) is 10.4 Å². The summed E-state index contributed by atoms with van der Waals surface area (Å²) in [4.78, 5) is 39.1. The van der Waals surface area contributed by atoms with E-state index in [-0.39, 0.29) is 11.8 Å². The summed E-state index contributed by atoms with van der Waals surface area (Å²) >= 11 is 0. The number of aliphatic hydroxyl groups is 1. The van der Waals surface area contributed by atoms with Crippen LogP contribution in [0.5, 0.6) is 0 Å². The van der Waals surface area contributed by atoms with Crippen LogP contribution in [0.15, 0.2) is 30.3 Å². The van der Waals surface area contributed by atoms with E-state index in [1.807, 2.05) is 44.2 Å². The van der Waals surface area contributed by atoms with Gasteiger partial charge in [-0.3, -0.25) is 19.6 Å². The molecule has 8 heteroatoms. The predicted molar refractivity (Wildman–Crippen MR) is 112 cm³/mol. The molecule has 1 aliphatic heterocycles. The van der Waals surface area contributed by atoms with Crippen molar-refractivity contribution in [1.82, 2.24) is 15.7 Å². The molecular formula is C22H33N3O5. The highest BCUT2D eigenvalue weighted by atomic mass is 16.5. The highest BCUT2D eigenvalue weighted by molar-refractivity contribution is 5.92. The van der Waals surface area contributed by atoms with Gasteiger partial charge in [0, 0.05) is 13.1 Å². The fraction of sp³-hybridized carbons (Fsp3) is 0.591. The first-order valence-electron chi connectivity index (χ1n) is 10.7. The fourth-order valence-electron chi connectivity index (χ4n) is 3.88. The number of aliphatic hydroxyl groups excluding tert-OH is 1. The first-order valence-corrected chi connectivity index (χ1v) is 10.7. The predicted octanol–water partition coefficient (Wildman–Crippen LogP) is 1.57. The number of hydrogen-bond acceptors (Lipinski definition) is 5. The zero-order chi connectivity index (χ0) is 22.1. The number of nitrogens with zero attached hydrogens (tertiary/aromatic N) is 1. The summed E-state index contributed by atoms with van der Waals surface area (Å²) in [5, 5.41) is 22.0. The van der Waals surface area contributed by atoms with Gasteiger partial charge in [0.1, 0.15) is 12.1 Å². The highest BCUT2D eigenvalue weighted by Gasteiger charge is 2.40. The van der Waals surface area contributed by atoms with Crippen molar-refractivity contribution in [3.8, 4) is 0 Å². The maximum absolute atomic E-state index is 13.1. The second-order valence-electron chi connectivity index (χ2n) is 7.92. The standard InChI is InChI=1S/C22H33N3O5/c1-3-4-11-17(19(26)21(28)24-30)22(29)25-13-8-12-18(25)20(27)23-14-15(2)16-9-6-5-7-10-16/h5-7,9-10,15,17-19,26,30H,3-4,8,11-14H2,1-2H3,(H,23,27)(H,24,28)/t15?,17-,18+,19+/m1/s1. The number of nitrogens with one attached hydrogen (secondary N) is 2. The molecule has 1 fully saturated rings. The molecular weight excluding hydrogens is 386 g/mol. The van der Waals surface area contributed by atoms with E-state index in [0.29, 0.717) is 38.8 Å². The molecule has 0 aromatic heterocycles. The molecule has 3 amide bonds. The summed E-state index contributed by atoms with van der Waals surface area (Å²) in [6.07, 6.45) is 1.31. The Labute approximate surface area is 177 Å². The number of hydrogen-bond donors (Lipinski definition) is 4. The second kappa shape index (κ2) is 11.7. The minimum absolute atomic E-state index is 0.132. The summed E-state index contributed by atoms with van der Waals surface area (Å²) in [5.74, 6) is -2.52. The van der Waals surface area contributed by atoms with Gasteiger partial charge in [-0.15, -0.1) is 0 Å². The van der Waals surface area contributed by atoms with Crippen LogP contribution < -0.4 is 10.8 Å². The first-order chi connectivity index (χ1) is 14.4. The molecule has 1 unspecified atom stereocenters. The van der Waals surface area contributed by atoms with Crippen molar-refractivity contribution in [3.63, 3.8) is 0 Å². The second-order valence-corrected chi connectivity index (χ2v) is 7.92. The zero-order valence-electron chi connectivity index (χ0n) is 17.7. The lowest BCUT2D eigenvalue weighted by molar-refractivity contribution is -0.152. The van der Waals surface area contributed by atoms with Gasteiger partial charge >= 0.3 is 0 Å². The van der Waals surface area contributed by atoms with Crippen molar-refractivity contribution in [1.29, 1.82) is 0 Å². The van der Waals surface area contributed by atoms with Gasteiger partial charge in [-0.05, 0) is 30.7 Å². The third-order valence-electron chi connectivity index (χ3n) is 5.74. The number of hydroxylamine groups is 1. The molecule has 1 heterocycles. The molecule has 1 aliphatic rings. The van der Waals surface area contributed by atoms with Gasteiger partial charge in [0.25, 0.3) is 5.91 Å². The number of rotatable bonds is 10. The first kappa shape index (κ1) is 23.8. The van der Waals surface area contributed by atoms with Crippen molar-refractivity contribution in [2.24, 2.45) is 5.92 Å². The van der Waals surface area contributed by atoms with Gasteiger partial charge in [-0.2, -0.15) is 0 Å². The molecule has 166 valence electrons. The third kappa shape index (κ3) is 6.03. The largest absolute Gasteiger partial charge is 0.382 e. The maximum Gasteiger partial charge on any atom is 0.272 e. The van der Waals surface area contributed by atoms with Gasteiger partial charge in [0.15, 0.2) is 0 Å². The Hall–Kier alpha value is -2.45. The summed E-state index contributed by atoms with van der Waals surface area (Å²) in [7, 11) is 0. The monoisotopic (exact) mass is 419 g/mol. The van der Waals surface area contributed by atoms with Crippen molar-refractivity contribution >= 4 is 17.7 Å². The average molecular weight is 420 g/mol. The molecule has 1 saturated heterocycles. The number of carbonyl (C=O) groups is 3. The number of likely N-dealkylation sites (tertiary alicyclic amines) is 1. The van der Waals surface area contributed by atoms with E-state index in [9.17, 15) is 19.5 Å². The van der Waals surface area contributed by atoms with Gasteiger partial charge in [0.2, 0.25) is 11.8 Å². The van der Waals surface area contributed by atoms with Crippen molar-refractivity contribution in [2.75, 3.05) is 13.1 Å². The number of amides is 3. The lowest BCUT2D eigenvalue weighted by Gasteiger charge is -2.30. The average Bonchev–Trinajstić information content (AvgIpc) is 3.27. The van der Waals surface area contributed by atoms with Crippen LogP contribution in [-0.2, 0) is 14.4 Å². The van der Waals surface area contributed by atoms with Crippen LogP contribution in [0.2, 0.25) is 0 Å². The molecule has 0 radical (unpaired) electrons. The molecule has 0 aliphatic carbocycles. The Morgan fingerprint density at radius 3 is 2.57 bits per heavy atom. The van der Waals surface area contributed by atoms with Gasteiger partial charge in [0.05, 0.1) is 5.92 Å². The molecule has 8 nitrogen and oxygen atoms in total. The molecule has 1 aromatic carbocycles. The van der Waals surface area contributed by atoms with Crippen LogP contribution in [0.3, 0.4) is 0 Å². The van der Waals surface area contributed by atoms with E-state index < -0.39 is 29.9 Å². The molecule has 30 heavy (non-hydrogen) atoms. The van der Waals surface area contributed by atoms with Crippen LogP contribution in [-0.4, -0.2) is 58.2 Å². The van der Waals surface area contributed by atoms with Crippen molar-refractivity contribution in [3.05, 3.63) is 35.9 Å².